The van der Waals surface area contributed by atoms with E-state index in [4.69, 9.17) is 0 Å². The highest BCUT2D eigenvalue weighted by atomic mass is 28.2. The van der Waals surface area contributed by atoms with Crippen LogP contribution in [0.15, 0.2) is 0 Å². The zero-order valence-corrected chi connectivity index (χ0v) is 24.6. The van der Waals surface area contributed by atoms with Crippen molar-refractivity contribution in [2.24, 2.45) is 0 Å². The monoisotopic (exact) mass is 466 g/mol. The first-order valence-electron chi connectivity index (χ1n) is 15.9. The zero-order valence-electron chi connectivity index (χ0n) is 23.2. The second kappa shape index (κ2) is 31.2. The Morgan fingerprint density at radius 3 is 0.656 bits per heavy atom. The highest BCUT2D eigenvalue weighted by Crippen LogP contribution is 2.15. The van der Waals surface area contributed by atoms with Gasteiger partial charge in [-0.15, -0.1) is 0 Å². The van der Waals surface area contributed by atoms with Crippen molar-refractivity contribution in [3.63, 3.8) is 0 Å². The minimum absolute atomic E-state index is 0.291. The van der Waals surface area contributed by atoms with Crippen molar-refractivity contribution in [1.82, 2.24) is 0 Å². The van der Waals surface area contributed by atoms with Crippen LogP contribution in [0.5, 0.6) is 0 Å². The maximum atomic E-state index is 2.31. The van der Waals surface area contributed by atoms with Crippen LogP contribution in [0.25, 0.3) is 0 Å². The van der Waals surface area contributed by atoms with E-state index in [1.165, 1.54) is 161 Å². The number of unbranched alkanes of at least 4 members (excludes halogenated alkanes) is 25. The van der Waals surface area contributed by atoms with Crippen LogP contribution in [-0.2, 0) is 0 Å². The van der Waals surface area contributed by atoms with Gasteiger partial charge < -0.3 is 0 Å². The molecule has 0 aromatic carbocycles. The Bertz CT molecular complexity index is 271. The molecule has 1 heteroatoms. The quantitative estimate of drug-likeness (QED) is 0.0759. The van der Waals surface area contributed by atoms with Crippen LogP contribution < -0.4 is 0 Å². The van der Waals surface area contributed by atoms with Crippen LogP contribution in [0.4, 0.5) is 0 Å². The van der Waals surface area contributed by atoms with Crippen LogP contribution in [0.3, 0.4) is 0 Å². The lowest BCUT2D eigenvalue weighted by molar-refractivity contribution is 0.531. The van der Waals surface area contributed by atoms with Crippen molar-refractivity contribution in [3.05, 3.63) is 0 Å². The van der Waals surface area contributed by atoms with Crippen molar-refractivity contribution in [3.8, 4) is 0 Å². The van der Waals surface area contributed by atoms with Gasteiger partial charge in [-0.3, -0.25) is 0 Å². The fourth-order valence-electron chi connectivity index (χ4n) is 5.10. The molecule has 0 aliphatic carbocycles. The van der Waals surface area contributed by atoms with E-state index in [1.807, 2.05) is 0 Å². The predicted molar refractivity (Wildman–Crippen MR) is 154 cm³/mol. The van der Waals surface area contributed by atoms with Crippen molar-refractivity contribution in [2.45, 2.75) is 199 Å². The second-order valence-electron chi connectivity index (χ2n) is 10.9. The van der Waals surface area contributed by atoms with Crippen LogP contribution in [0, 0.1) is 0 Å². The first-order valence-corrected chi connectivity index (χ1v) is 17.9. The molecule has 32 heavy (non-hydrogen) atoms. The summed E-state index contributed by atoms with van der Waals surface area (Å²) < 4.78 is 0. The lowest BCUT2D eigenvalue weighted by Crippen LogP contribution is -1.90. The molecule has 0 saturated heterocycles. The van der Waals surface area contributed by atoms with Crippen LogP contribution in [-0.4, -0.2) is 9.52 Å². The van der Waals surface area contributed by atoms with Gasteiger partial charge >= 0.3 is 0 Å². The van der Waals surface area contributed by atoms with E-state index in [-0.39, 0.29) is 0 Å². The van der Waals surface area contributed by atoms with Gasteiger partial charge in [0.25, 0.3) is 0 Å². The smallest absolute Gasteiger partial charge is 0.0197 e. The molecule has 0 aliphatic heterocycles. The number of hydrogen-bond donors (Lipinski definition) is 0. The molecule has 0 N–H and O–H groups in total. The topological polar surface area (TPSA) is 0 Å². The van der Waals surface area contributed by atoms with Gasteiger partial charge in [0, 0.05) is 9.52 Å². The average molecular weight is 467 g/mol. The van der Waals surface area contributed by atoms with Crippen molar-refractivity contribution in [2.75, 3.05) is 0 Å². The molecule has 0 aromatic heterocycles. The van der Waals surface area contributed by atoms with Gasteiger partial charge in [-0.25, -0.2) is 0 Å². The van der Waals surface area contributed by atoms with Crippen LogP contribution in [0.2, 0.25) is 12.1 Å². The second-order valence-corrected chi connectivity index (χ2v) is 13.0. The van der Waals surface area contributed by atoms with Gasteiger partial charge in [-0.2, -0.15) is 0 Å². The van der Waals surface area contributed by atoms with Gasteiger partial charge in [0.15, 0.2) is 0 Å². The molecule has 0 heterocycles. The predicted octanol–water partition coefficient (Wildman–Crippen LogP) is 11.6. The van der Waals surface area contributed by atoms with E-state index < -0.39 is 0 Å². The Balaban J connectivity index is 2.98. The van der Waals surface area contributed by atoms with E-state index >= 15 is 0 Å². The molecular weight excluding hydrogens is 400 g/mol. The normalized spacial score (nSPS) is 11.8. The summed E-state index contributed by atoms with van der Waals surface area (Å²) in [4.78, 5) is 0. The minimum Gasteiger partial charge on any atom is -0.0654 e. The molecule has 0 aromatic rings. The van der Waals surface area contributed by atoms with Gasteiger partial charge in [-0.05, 0) is 0 Å². The third-order valence-electron chi connectivity index (χ3n) is 7.46. The molecule has 0 spiro atoms. The van der Waals surface area contributed by atoms with Crippen LogP contribution >= 0.6 is 0 Å². The van der Waals surface area contributed by atoms with Gasteiger partial charge in [-0.1, -0.05) is 199 Å². The molecule has 0 nitrogen and oxygen atoms in total. The number of rotatable bonds is 29. The largest absolute Gasteiger partial charge is 0.0654 e. The third kappa shape index (κ3) is 30.2. The summed E-state index contributed by atoms with van der Waals surface area (Å²) in [5.41, 5.74) is 0. The Labute approximate surface area is 208 Å². The summed E-state index contributed by atoms with van der Waals surface area (Å²) in [6, 6.07) is 3.27. The lowest BCUT2D eigenvalue weighted by atomic mass is 10.0. The molecule has 0 saturated carbocycles. The van der Waals surface area contributed by atoms with E-state index in [2.05, 4.69) is 13.8 Å². The van der Waals surface area contributed by atoms with E-state index in [0.717, 1.165) is 0 Å². The SMILES string of the molecule is CCCCCCCCCCCCCCCCCC[SiH2]CCCCCCCCCCCCC. The highest BCUT2D eigenvalue weighted by molar-refractivity contribution is 6.35. The Hall–Kier alpha value is 0.217. The molecular formula is C31H66Si. The van der Waals surface area contributed by atoms with E-state index in [9.17, 15) is 0 Å². The van der Waals surface area contributed by atoms with E-state index in [1.54, 1.807) is 24.9 Å². The Morgan fingerprint density at radius 2 is 0.438 bits per heavy atom. The summed E-state index contributed by atoms with van der Waals surface area (Å²) >= 11 is 0. The molecule has 0 atom stereocenters. The van der Waals surface area contributed by atoms with Crippen molar-refractivity contribution >= 4 is 9.52 Å². The van der Waals surface area contributed by atoms with Gasteiger partial charge in [0.2, 0.25) is 0 Å². The average Bonchev–Trinajstić information content (AvgIpc) is 2.81. The molecule has 194 valence electrons. The Morgan fingerprint density at radius 1 is 0.250 bits per heavy atom. The Kier molecular flexibility index (Phi) is 31.4. The molecule has 0 amide bonds. The first kappa shape index (κ1) is 32.2. The minimum atomic E-state index is 0.291. The summed E-state index contributed by atoms with van der Waals surface area (Å²) in [5.74, 6) is 0. The lowest BCUT2D eigenvalue weighted by Gasteiger charge is -2.04. The van der Waals surface area contributed by atoms with E-state index in [0.29, 0.717) is 9.52 Å². The van der Waals surface area contributed by atoms with Crippen molar-refractivity contribution < 1.29 is 0 Å². The van der Waals surface area contributed by atoms with Crippen LogP contribution in [0.1, 0.15) is 187 Å². The summed E-state index contributed by atoms with van der Waals surface area (Å²) in [7, 11) is 0.291. The first-order chi connectivity index (χ1) is 15.9. The molecule has 0 bridgehead atoms. The molecule has 0 rings (SSSR count). The summed E-state index contributed by atoms with van der Waals surface area (Å²) in [6.07, 6.45) is 40.3. The summed E-state index contributed by atoms with van der Waals surface area (Å²) in [6.45, 7) is 4.62. The van der Waals surface area contributed by atoms with Gasteiger partial charge in [0.05, 0.1) is 0 Å². The molecule has 0 fully saturated rings. The maximum Gasteiger partial charge on any atom is 0.0197 e. The fraction of sp³-hybridized carbons (Fsp3) is 1.00. The highest BCUT2D eigenvalue weighted by Gasteiger charge is 1.96. The maximum absolute atomic E-state index is 2.31. The molecule has 0 radical (unpaired) electrons. The van der Waals surface area contributed by atoms with Crippen molar-refractivity contribution in [1.29, 1.82) is 0 Å². The third-order valence-corrected chi connectivity index (χ3v) is 9.46. The fourth-order valence-corrected chi connectivity index (χ4v) is 6.86. The zero-order chi connectivity index (χ0) is 23.2. The number of hydrogen-bond acceptors (Lipinski definition) is 0. The molecule has 0 aliphatic rings. The standard InChI is InChI=1S/C31H66Si/c1-3-5-7-9-11-13-15-16-17-18-19-21-23-25-27-29-31-32-30-28-26-24-22-20-14-12-10-8-6-4-2/h3-32H2,1-2H3. The molecule has 0 unspecified atom stereocenters. The van der Waals surface area contributed by atoms with Gasteiger partial charge in [0.1, 0.15) is 0 Å². The summed E-state index contributed by atoms with van der Waals surface area (Å²) in [5, 5.41) is 0.